The average molecular weight is 400 g/mol. The van der Waals surface area contributed by atoms with Gasteiger partial charge in [-0.15, -0.1) is 5.10 Å². The van der Waals surface area contributed by atoms with Gasteiger partial charge in [-0.1, -0.05) is 24.3 Å². The monoisotopic (exact) mass is 400 g/mol. The first-order valence-electron chi connectivity index (χ1n) is 7.49. The van der Waals surface area contributed by atoms with Gasteiger partial charge in [0.25, 0.3) is 5.82 Å². The van der Waals surface area contributed by atoms with Crippen LogP contribution in [0.5, 0.6) is 0 Å². The lowest BCUT2D eigenvalue weighted by molar-refractivity contribution is -0.144. The summed E-state index contributed by atoms with van der Waals surface area (Å²) >= 11 is 0. The maximum Gasteiger partial charge on any atom is 0.453 e. The fraction of sp³-hybridized carbons (Fsp3) is 0.125. The molecule has 0 radical (unpaired) electrons. The number of nitrogens with zero attached hydrogens (tertiary/aromatic N) is 2. The van der Waals surface area contributed by atoms with E-state index in [2.05, 4.69) is 19.9 Å². The molecule has 0 spiro atoms. The second kappa shape index (κ2) is 7.08. The summed E-state index contributed by atoms with van der Waals surface area (Å²) < 4.78 is 77.1. The molecule has 1 aromatic heterocycles. The van der Waals surface area contributed by atoms with Crippen molar-refractivity contribution in [3.63, 3.8) is 0 Å². The maximum atomic E-state index is 12.9. The molecule has 0 amide bonds. The van der Waals surface area contributed by atoms with Gasteiger partial charge in [0.2, 0.25) is 10.0 Å². The van der Waals surface area contributed by atoms with E-state index in [9.17, 15) is 26.0 Å². The minimum atomic E-state index is -4.65. The molecule has 0 saturated carbocycles. The standard InChI is InChI=1S/C16H12F4N4O2S/c17-12-5-7-13(8-6-12)27(25,26)21-9-10-1-3-11(4-2-10)14-22-15(24-23-14)16(18,19)20/h1-8,21H,9H2,(H,22,23,24). The summed E-state index contributed by atoms with van der Waals surface area (Å²) in [6.45, 7) is -0.0514. The molecule has 0 atom stereocenters. The van der Waals surface area contributed by atoms with E-state index in [0.29, 0.717) is 11.1 Å². The van der Waals surface area contributed by atoms with Crippen molar-refractivity contribution in [1.82, 2.24) is 19.9 Å². The average Bonchev–Trinajstić information content (AvgIpc) is 3.11. The number of benzene rings is 2. The van der Waals surface area contributed by atoms with Crippen molar-refractivity contribution in [3.05, 3.63) is 65.7 Å². The molecule has 3 rings (SSSR count). The third kappa shape index (κ3) is 4.49. The van der Waals surface area contributed by atoms with Crippen LogP contribution >= 0.6 is 0 Å². The highest BCUT2D eigenvalue weighted by Crippen LogP contribution is 2.27. The molecular formula is C16H12F4N4O2S. The van der Waals surface area contributed by atoms with Crippen LogP contribution in [0, 0.1) is 5.82 Å². The first-order chi connectivity index (χ1) is 12.6. The van der Waals surface area contributed by atoms with Crippen LogP contribution in [0.25, 0.3) is 11.4 Å². The number of nitrogens with one attached hydrogen (secondary N) is 2. The van der Waals surface area contributed by atoms with E-state index in [1.54, 1.807) is 0 Å². The summed E-state index contributed by atoms with van der Waals surface area (Å²) in [7, 11) is -3.82. The number of alkyl halides is 3. The Bertz CT molecular complexity index is 1030. The van der Waals surface area contributed by atoms with Crippen molar-refractivity contribution < 1.29 is 26.0 Å². The van der Waals surface area contributed by atoms with Gasteiger partial charge in [0.15, 0.2) is 5.82 Å². The highest BCUT2D eigenvalue weighted by Gasteiger charge is 2.36. The Morgan fingerprint density at radius 2 is 1.63 bits per heavy atom. The number of H-pyrrole nitrogens is 1. The van der Waals surface area contributed by atoms with Crippen molar-refractivity contribution >= 4 is 10.0 Å². The number of aromatic amines is 1. The molecule has 0 bridgehead atoms. The van der Waals surface area contributed by atoms with Crippen LogP contribution < -0.4 is 4.72 Å². The topological polar surface area (TPSA) is 87.7 Å². The van der Waals surface area contributed by atoms with E-state index < -0.39 is 27.8 Å². The molecule has 0 aliphatic carbocycles. The van der Waals surface area contributed by atoms with E-state index in [-0.39, 0.29) is 17.3 Å². The smallest absolute Gasteiger partial charge is 0.259 e. The van der Waals surface area contributed by atoms with Crippen LogP contribution in [-0.2, 0) is 22.7 Å². The maximum absolute atomic E-state index is 12.9. The summed E-state index contributed by atoms with van der Waals surface area (Å²) in [6, 6.07) is 10.4. The van der Waals surface area contributed by atoms with E-state index in [0.717, 1.165) is 24.3 Å². The first kappa shape index (κ1) is 19.0. The number of halogens is 4. The molecule has 6 nitrogen and oxygen atoms in total. The molecule has 2 N–H and O–H groups in total. The van der Waals surface area contributed by atoms with E-state index >= 15 is 0 Å². The van der Waals surface area contributed by atoms with Crippen molar-refractivity contribution in [3.8, 4) is 11.4 Å². The Labute approximate surface area is 151 Å². The van der Waals surface area contributed by atoms with Crippen molar-refractivity contribution in [1.29, 1.82) is 0 Å². The van der Waals surface area contributed by atoms with Gasteiger partial charge in [0, 0.05) is 12.1 Å². The minimum Gasteiger partial charge on any atom is -0.259 e. The van der Waals surface area contributed by atoms with Gasteiger partial charge in [-0.25, -0.2) is 22.5 Å². The summed E-state index contributed by atoms with van der Waals surface area (Å²) in [5.41, 5.74) is 0.933. The highest BCUT2D eigenvalue weighted by atomic mass is 32.2. The zero-order valence-electron chi connectivity index (χ0n) is 13.5. The van der Waals surface area contributed by atoms with Crippen LogP contribution in [0.1, 0.15) is 11.4 Å². The third-order valence-electron chi connectivity index (χ3n) is 3.56. The molecule has 0 fully saturated rings. The minimum absolute atomic E-state index is 0.0514. The second-order valence-corrected chi connectivity index (χ2v) is 7.25. The van der Waals surface area contributed by atoms with Gasteiger partial charge in [-0.3, -0.25) is 5.10 Å². The van der Waals surface area contributed by atoms with Gasteiger partial charge in [-0.05, 0) is 29.8 Å². The molecule has 27 heavy (non-hydrogen) atoms. The molecule has 1 heterocycles. The Balaban J connectivity index is 1.69. The van der Waals surface area contributed by atoms with Crippen LogP contribution in [0.2, 0.25) is 0 Å². The predicted octanol–water partition coefficient (Wildman–Crippen LogP) is 3.11. The van der Waals surface area contributed by atoms with Crippen molar-refractivity contribution in [2.45, 2.75) is 17.6 Å². The molecule has 2 aromatic carbocycles. The van der Waals surface area contributed by atoms with Gasteiger partial charge in [0.1, 0.15) is 5.82 Å². The fourth-order valence-electron chi connectivity index (χ4n) is 2.17. The molecule has 0 aliphatic rings. The van der Waals surface area contributed by atoms with Gasteiger partial charge >= 0.3 is 6.18 Å². The fourth-order valence-corrected chi connectivity index (χ4v) is 3.19. The van der Waals surface area contributed by atoms with E-state index in [4.69, 9.17) is 0 Å². The summed E-state index contributed by atoms with van der Waals surface area (Å²) in [4.78, 5) is 3.30. The molecule has 0 unspecified atom stereocenters. The number of rotatable bonds is 5. The van der Waals surface area contributed by atoms with Crippen LogP contribution in [-0.4, -0.2) is 23.6 Å². The molecule has 142 valence electrons. The summed E-state index contributed by atoms with van der Waals surface area (Å²) in [6.07, 6.45) is -4.65. The van der Waals surface area contributed by atoms with E-state index in [1.807, 2.05) is 0 Å². The largest absolute Gasteiger partial charge is 0.453 e. The Kier molecular flexibility index (Phi) is 4.98. The van der Waals surface area contributed by atoms with Crippen molar-refractivity contribution in [2.24, 2.45) is 0 Å². The highest BCUT2D eigenvalue weighted by molar-refractivity contribution is 7.89. The Hall–Kier alpha value is -2.79. The van der Waals surface area contributed by atoms with Crippen LogP contribution in [0.15, 0.2) is 53.4 Å². The number of aromatic nitrogens is 3. The lowest BCUT2D eigenvalue weighted by Gasteiger charge is -2.07. The van der Waals surface area contributed by atoms with Crippen LogP contribution in [0.4, 0.5) is 17.6 Å². The first-order valence-corrected chi connectivity index (χ1v) is 8.97. The zero-order valence-corrected chi connectivity index (χ0v) is 14.3. The van der Waals surface area contributed by atoms with Gasteiger partial charge in [-0.2, -0.15) is 13.2 Å². The number of hydrogen-bond acceptors (Lipinski definition) is 4. The summed E-state index contributed by atoms with van der Waals surface area (Å²) in [5.74, 6) is -1.87. The van der Waals surface area contributed by atoms with Gasteiger partial charge in [0.05, 0.1) is 4.90 Å². The molecule has 11 heteroatoms. The molecule has 0 saturated heterocycles. The SMILES string of the molecule is O=S(=O)(NCc1ccc(-c2nc(C(F)(F)F)n[nH]2)cc1)c1ccc(F)cc1. The Morgan fingerprint density at radius 3 is 2.19 bits per heavy atom. The molecule has 0 aliphatic heterocycles. The summed E-state index contributed by atoms with van der Waals surface area (Å²) in [5, 5.41) is 5.32. The van der Waals surface area contributed by atoms with Crippen molar-refractivity contribution in [2.75, 3.05) is 0 Å². The predicted molar refractivity (Wildman–Crippen MR) is 87.2 cm³/mol. The normalized spacial score (nSPS) is 12.3. The lowest BCUT2D eigenvalue weighted by atomic mass is 10.1. The zero-order chi connectivity index (χ0) is 19.7. The van der Waals surface area contributed by atoms with Crippen LogP contribution in [0.3, 0.4) is 0 Å². The van der Waals surface area contributed by atoms with Gasteiger partial charge < -0.3 is 0 Å². The quantitative estimate of drug-likeness (QED) is 0.645. The Morgan fingerprint density at radius 1 is 1.00 bits per heavy atom. The second-order valence-electron chi connectivity index (χ2n) is 5.48. The number of hydrogen-bond donors (Lipinski definition) is 2. The molecule has 3 aromatic rings. The third-order valence-corrected chi connectivity index (χ3v) is 4.97. The molecular weight excluding hydrogens is 388 g/mol. The lowest BCUT2D eigenvalue weighted by Crippen LogP contribution is -2.23. The van der Waals surface area contributed by atoms with E-state index in [1.165, 1.54) is 24.3 Å². The number of sulfonamides is 1.